The fraction of sp³-hybridized carbons (Fsp3) is 0.0833. The molecule has 2 aromatic heterocycles. The predicted molar refractivity (Wildman–Crippen MR) is 62.9 cm³/mol. The van der Waals surface area contributed by atoms with Gasteiger partial charge in [-0.25, -0.2) is 4.79 Å². The topological polar surface area (TPSA) is 42.7 Å². The van der Waals surface area contributed by atoms with Crippen LogP contribution >= 0.6 is 0 Å². The average molecular weight is 213 g/mol. The number of fused-ring (bicyclic) bond motifs is 1. The Morgan fingerprint density at radius 3 is 2.81 bits per heavy atom. The highest BCUT2D eigenvalue weighted by atomic mass is 16.1. The molecule has 80 valence electrons. The molecule has 0 bridgehead atoms. The lowest BCUT2D eigenvalue weighted by atomic mass is 10.2. The second-order valence-electron chi connectivity index (χ2n) is 3.80. The first kappa shape index (κ1) is 9.03. The van der Waals surface area contributed by atoms with Crippen molar-refractivity contribution in [1.29, 1.82) is 0 Å². The monoisotopic (exact) mass is 213 g/mol. The van der Waals surface area contributed by atoms with Crippen LogP contribution in [0.15, 0.2) is 47.7 Å². The van der Waals surface area contributed by atoms with Gasteiger partial charge < -0.3 is 9.55 Å². The van der Waals surface area contributed by atoms with Gasteiger partial charge in [-0.2, -0.15) is 0 Å². The van der Waals surface area contributed by atoms with Gasteiger partial charge in [0.1, 0.15) is 0 Å². The molecule has 0 aliphatic carbocycles. The summed E-state index contributed by atoms with van der Waals surface area (Å²) >= 11 is 0. The molecular formula is C12H11N3O. The molecule has 0 atom stereocenters. The number of aryl methyl sites for hydroxylation is 1. The van der Waals surface area contributed by atoms with E-state index in [1.165, 1.54) is 0 Å². The molecule has 4 heteroatoms. The normalized spacial score (nSPS) is 11.1. The van der Waals surface area contributed by atoms with Crippen LogP contribution in [-0.2, 0) is 7.05 Å². The molecule has 1 aromatic carbocycles. The van der Waals surface area contributed by atoms with Crippen LogP contribution in [0.5, 0.6) is 0 Å². The molecule has 1 N–H and O–H groups in total. The zero-order valence-corrected chi connectivity index (χ0v) is 8.84. The molecule has 0 saturated carbocycles. The minimum atomic E-state index is -0.115. The minimum Gasteiger partial charge on any atom is -0.351 e. The summed E-state index contributed by atoms with van der Waals surface area (Å²) in [7, 11) is 2.00. The molecular weight excluding hydrogens is 202 g/mol. The molecule has 0 fully saturated rings. The maximum absolute atomic E-state index is 11.5. The van der Waals surface area contributed by atoms with E-state index in [4.69, 9.17) is 0 Å². The molecule has 2 heterocycles. The summed E-state index contributed by atoms with van der Waals surface area (Å²) in [6.45, 7) is 0. The number of aromatic nitrogens is 3. The van der Waals surface area contributed by atoms with E-state index in [0.717, 1.165) is 16.6 Å². The van der Waals surface area contributed by atoms with Gasteiger partial charge in [-0.3, -0.25) is 4.57 Å². The number of imidazole rings is 1. The molecule has 0 spiro atoms. The Kier molecular flexibility index (Phi) is 1.77. The van der Waals surface area contributed by atoms with Gasteiger partial charge in [0.05, 0.1) is 5.69 Å². The van der Waals surface area contributed by atoms with Crippen molar-refractivity contribution in [2.75, 3.05) is 0 Å². The van der Waals surface area contributed by atoms with E-state index in [-0.39, 0.29) is 5.69 Å². The van der Waals surface area contributed by atoms with Crippen molar-refractivity contribution in [3.8, 4) is 5.69 Å². The number of H-pyrrole nitrogens is 1. The second-order valence-corrected chi connectivity index (χ2v) is 3.80. The standard InChI is InChI=1S/C12H11N3O/c1-14-6-4-9-8-10(2-3-11(9)14)15-7-5-13-12(15)16/h2-8H,1H3,(H,13,16). The number of hydrogen-bond acceptors (Lipinski definition) is 1. The lowest BCUT2D eigenvalue weighted by Gasteiger charge is -2.02. The molecule has 0 radical (unpaired) electrons. The van der Waals surface area contributed by atoms with E-state index in [2.05, 4.69) is 9.55 Å². The van der Waals surface area contributed by atoms with Gasteiger partial charge in [0.25, 0.3) is 0 Å². The number of aromatic amines is 1. The Morgan fingerprint density at radius 2 is 2.06 bits per heavy atom. The van der Waals surface area contributed by atoms with Crippen molar-refractivity contribution in [2.45, 2.75) is 0 Å². The number of nitrogens with one attached hydrogen (secondary N) is 1. The Bertz CT molecular complexity index is 702. The van der Waals surface area contributed by atoms with Crippen LogP contribution < -0.4 is 5.69 Å². The van der Waals surface area contributed by atoms with Crippen LogP contribution in [0.4, 0.5) is 0 Å². The van der Waals surface area contributed by atoms with Crippen molar-refractivity contribution in [2.24, 2.45) is 7.05 Å². The van der Waals surface area contributed by atoms with Crippen LogP contribution in [0.2, 0.25) is 0 Å². The lowest BCUT2D eigenvalue weighted by molar-refractivity contribution is 0.965. The molecule has 0 amide bonds. The fourth-order valence-electron chi connectivity index (χ4n) is 1.94. The van der Waals surface area contributed by atoms with Gasteiger partial charge in [0.15, 0.2) is 0 Å². The molecule has 0 aliphatic heterocycles. The first-order valence-electron chi connectivity index (χ1n) is 5.07. The quantitative estimate of drug-likeness (QED) is 0.656. The van der Waals surface area contributed by atoms with E-state index in [1.54, 1.807) is 17.0 Å². The van der Waals surface area contributed by atoms with Gasteiger partial charge in [-0.15, -0.1) is 0 Å². The summed E-state index contributed by atoms with van der Waals surface area (Å²) < 4.78 is 3.64. The van der Waals surface area contributed by atoms with Crippen LogP contribution in [-0.4, -0.2) is 14.1 Å². The zero-order valence-electron chi connectivity index (χ0n) is 8.84. The first-order valence-corrected chi connectivity index (χ1v) is 5.07. The molecule has 3 rings (SSSR count). The Labute approximate surface area is 91.8 Å². The third-order valence-corrected chi connectivity index (χ3v) is 2.80. The predicted octanol–water partition coefficient (Wildman–Crippen LogP) is 1.66. The van der Waals surface area contributed by atoms with E-state index >= 15 is 0 Å². The van der Waals surface area contributed by atoms with Gasteiger partial charge in [0.2, 0.25) is 0 Å². The largest absolute Gasteiger partial charge is 0.351 e. The zero-order chi connectivity index (χ0) is 11.1. The summed E-state index contributed by atoms with van der Waals surface area (Å²) in [4.78, 5) is 14.1. The Morgan fingerprint density at radius 1 is 1.19 bits per heavy atom. The van der Waals surface area contributed by atoms with Gasteiger partial charge in [0, 0.05) is 36.5 Å². The highest BCUT2D eigenvalue weighted by molar-refractivity contribution is 5.82. The van der Waals surface area contributed by atoms with Crippen LogP contribution in [0.3, 0.4) is 0 Å². The van der Waals surface area contributed by atoms with Gasteiger partial charge in [-0.1, -0.05) is 0 Å². The molecule has 4 nitrogen and oxygen atoms in total. The molecule has 0 unspecified atom stereocenters. The van der Waals surface area contributed by atoms with E-state index in [9.17, 15) is 4.79 Å². The van der Waals surface area contributed by atoms with Crippen molar-refractivity contribution >= 4 is 10.9 Å². The highest BCUT2D eigenvalue weighted by Crippen LogP contribution is 2.18. The van der Waals surface area contributed by atoms with Crippen LogP contribution in [0, 0.1) is 0 Å². The average Bonchev–Trinajstić information content (AvgIpc) is 2.86. The van der Waals surface area contributed by atoms with Crippen molar-refractivity contribution < 1.29 is 0 Å². The summed E-state index contributed by atoms with van der Waals surface area (Å²) in [5.41, 5.74) is 1.92. The smallest absolute Gasteiger partial charge is 0.330 e. The van der Waals surface area contributed by atoms with Crippen LogP contribution in [0.1, 0.15) is 0 Å². The molecule has 0 saturated heterocycles. The second kappa shape index (κ2) is 3.13. The van der Waals surface area contributed by atoms with E-state index in [1.807, 2.05) is 37.5 Å². The van der Waals surface area contributed by atoms with Crippen molar-refractivity contribution in [3.63, 3.8) is 0 Å². The summed E-state index contributed by atoms with van der Waals surface area (Å²) in [5.74, 6) is 0. The Hall–Kier alpha value is -2.23. The van der Waals surface area contributed by atoms with Crippen molar-refractivity contribution in [1.82, 2.24) is 14.1 Å². The SMILES string of the molecule is Cn1ccc2cc(-n3cc[nH]c3=O)ccc21. The maximum Gasteiger partial charge on any atom is 0.330 e. The first-order chi connectivity index (χ1) is 7.75. The summed E-state index contributed by atoms with van der Waals surface area (Å²) in [6, 6.07) is 8.00. The summed E-state index contributed by atoms with van der Waals surface area (Å²) in [6.07, 6.45) is 5.37. The molecule has 16 heavy (non-hydrogen) atoms. The van der Waals surface area contributed by atoms with E-state index in [0.29, 0.717) is 0 Å². The van der Waals surface area contributed by atoms with Gasteiger partial charge >= 0.3 is 5.69 Å². The Balaban J connectivity index is 2.27. The number of rotatable bonds is 1. The minimum absolute atomic E-state index is 0.115. The number of nitrogens with zero attached hydrogens (tertiary/aromatic N) is 2. The summed E-state index contributed by atoms with van der Waals surface area (Å²) in [5, 5.41) is 1.13. The molecule has 3 aromatic rings. The number of hydrogen-bond donors (Lipinski definition) is 1. The fourth-order valence-corrected chi connectivity index (χ4v) is 1.94. The third kappa shape index (κ3) is 1.20. The highest BCUT2D eigenvalue weighted by Gasteiger charge is 2.02. The van der Waals surface area contributed by atoms with Crippen molar-refractivity contribution in [3.05, 3.63) is 53.3 Å². The van der Waals surface area contributed by atoms with Crippen LogP contribution in [0.25, 0.3) is 16.6 Å². The number of benzene rings is 1. The van der Waals surface area contributed by atoms with E-state index < -0.39 is 0 Å². The lowest BCUT2D eigenvalue weighted by Crippen LogP contribution is -2.13. The molecule has 0 aliphatic rings. The van der Waals surface area contributed by atoms with Gasteiger partial charge in [-0.05, 0) is 24.3 Å². The maximum atomic E-state index is 11.5. The third-order valence-electron chi connectivity index (χ3n) is 2.80.